The van der Waals surface area contributed by atoms with Crippen LogP contribution in [0, 0.1) is 5.41 Å². The molecule has 0 bridgehead atoms. The third-order valence-corrected chi connectivity index (χ3v) is 5.86. The van der Waals surface area contributed by atoms with Gasteiger partial charge in [-0.05, 0) is 84.9 Å². The first-order chi connectivity index (χ1) is 20.9. The summed E-state index contributed by atoms with van der Waals surface area (Å²) in [6.07, 6.45) is 2.01. The van der Waals surface area contributed by atoms with E-state index in [-0.39, 0.29) is 11.0 Å². The number of hydrogen-bond acceptors (Lipinski definition) is 7. The second-order valence-electron chi connectivity index (χ2n) is 12.2. The summed E-state index contributed by atoms with van der Waals surface area (Å²) in [5.74, 6) is -0.603. The average molecular weight is 597 g/mol. The summed E-state index contributed by atoms with van der Waals surface area (Å²) < 4.78 is 5.52. The van der Waals surface area contributed by atoms with Crippen LogP contribution in [0.5, 0.6) is 5.75 Å². The van der Waals surface area contributed by atoms with Crippen LogP contribution in [0.1, 0.15) is 78.9 Å². The van der Waals surface area contributed by atoms with Gasteiger partial charge in [-0.1, -0.05) is 99.6 Å². The van der Waals surface area contributed by atoms with Gasteiger partial charge in [0.15, 0.2) is 0 Å². The van der Waals surface area contributed by atoms with Gasteiger partial charge >= 0.3 is 11.9 Å². The van der Waals surface area contributed by atoms with E-state index in [0.29, 0.717) is 17.9 Å². The number of carbonyl (C=O) groups excluding carboxylic acids is 2. The predicted molar refractivity (Wildman–Crippen MR) is 172 cm³/mol. The molecule has 0 heterocycles. The van der Waals surface area contributed by atoms with Crippen LogP contribution in [0.2, 0.25) is 0 Å². The Kier molecular flexibility index (Phi) is 12.0. The lowest BCUT2D eigenvalue weighted by atomic mass is 9.94. The highest BCUT2D eigenvalue weighted by Crippen LogP contribution is 2.27. The molecule has 0 aromatic heterocycles. The number of carbonyl (C=O) groups is 2. The Labute approximate surface area is 259 Å². The maximum atomic E-state index is 12.6. The number of hydrogen-bond donors (Lipinski definition) is 1. The highest BCUT2D eigenvalue weighted by atomic mass is 17.2. The SMILES string of the molecule is CC(C)(C)COc1ccc(C(=O)OO)cc1.CC(C)(C)OOC(=O)c1ccccc1C=C(c1ccccc1)c1ccccc1. The number of benzene rings is 4. The minimum atomic E-state index is -0.776. The predicted octanol–water partition coefficient (Wildman–Crippen LogP) is 8.90. The van der Waals surface area contributed by atoms with E-state index in [2.05, 4.69) is 49.9 Å². The van der Waals surface area contributed by atoms with Crippen LogP contribution in [0.25, 0.3) is 11.6 Å². The number of ether oxygens (including phenoxy) is 1. The third-order valence-electron chi connectivity index (χ3n) is 5.86. The molecule has 0 spiro atoms. The summed E-state index contributed by atoms with van der Waals surface area (Å²) in [5, 5.41) is 8.19. The Morgan fingerprint density at radius 3 is 1.68 bits per heavy atom. The highest BCUT2D eigenvalue weighted by molar-refractivity contribution is 5.98. The van der Waals surface area contributed by atoms with E-state index in [1.807, 2.05) is 81.4 Å². The summed E-state index contributed by atoms with van der Waals surface area (Å²) in [5.41, 5.74) is 4.20. The lowest BCUT2D eigenvalue weighted by molar-refractivity contribution is -0.301. The monoisotopic (exact) mass is 596 g/mol. The van der Waals surface area contributed by atoms with E-state index >= 15 is 0 Å². The van der Waals surface area contributed by atoms with Gasteiger partial charge in [0.2, 0.25) is 0 Å². The van der Waals surface area contributed by atoms with Crippen molar-refractivity contribution in [3.05, 3.63) is 137 Å². The van der Waals surface area contributed by atoms with E-state index < -0.39 is 17.5 Å². The molecule has 4 rings (SSSR count). The quantitative estimate of drug-likeness (QED) is 0.123. The summed E-state index contributed by atoms with van der Waals surface area (Å²) in [4.78, 5) is 37.4. The smallest absolute Gasteiger partial charge is 0.373 e. The van der Waals surface area contributed by atoms with Crippen LogP contribution in [0.15, 0.2) is 109 Å². The van der Waals surface area contributed by atoms with Crippen LogP contribution in [-0.4, -0.2) is 29.4 Å². The molecule has 0 aliphatic rings. The van der Waals surface area contributed by atoms with Crippen molar-refractivity contribution in [2.45, 2.75) is 47.1 Å². The lowest BCUT2D eigenvalue weighted by Crippen LogP contribution is -2.22. The molecule has 0 saturated carbocycles. The molecule has 7 nitrogen and oxygen atoms in total. The van der Waals surface area contributed by atoms with Crippen LogP contribution < -0.4 is 4.74 Å². The first kappa shape index (κ1) is 33.8. The molecule has 0 unspecified atom stereocenters. The first-order valence-corrected chi connectivity index (χ1v) is 14.3. The van der Waals surface area contributed by atoms with Gasteiger partial charge in [-0.15, -0.1) is 0 Å². The standard InChI is InChI=1S/C25H24O3.C12H16O4/c1-25(2,3)28-27-24(26)22-17-11-10-16-21(22)18-23(19-12-6-4-7-13-19)20-14-8-5-9-15-20;1-12(2,3)8-15-10-6-4-9(5-7-10)11(13)16-14/h4-18H,1-3H3;4-7,14H,8H2,1-3H3. The molecule has 0 radical (unpaired) electrons. The third kappa shape index (κ3) is 11.2. The molecule has 44 heavy (non-hydrogen) atoms. The van der Waals surface area contributed by atoms with Crippen molar-refractivity contribution in [1.82, 2.24) is 0 Å². The Balaban J connectivity index is 0.000000281. The molecule has 7 heteroatoms. The highest BCUT2D eigenvalue weighted by Gasteiger charge is 2.19. The Hall–Kier alpha value is -4.72. The largest absolute Gasteiger partial charge is 0.493 e. The molecule has 0 fully saturated rings. The Morgan fingerprint density at radius 2 is 1.18 bits per heavy atom. The molecule has 0 amide bonds. The molecule has 0 atom stereocenters. The molecule has 230 valence electrons. The molecule has 1 N–H and O–H groups in total. The van der Waals surface area contributed by atoms with Crippen LogP contribution in [-0.2, 0) is 14.7 Å². The van der Waals surface area contributed by atoms with Crippen molar-refractivity contribution in [2.24, 2.45) is 5.41 Å². The van der Waals surface area contributed by atoms with Crippen molar-refractivity contribution < 1.29 is 34.2 Å². The fourth-order valence-corrected chi connectivity index (χ4v) is 3.78. The normalized spacial score (nSPS) is 11.0. The first-order valence-electron chi connectivity index (χ1n) is 14.3. The summed E-state index contributed by atoms with van der Waals surface area (Å²) in [7, 11) is 0. The van der Waals surface area contributed by atoms with Gasteiger partial charge in [0.25, 0.3) is 0 Å². The fourth-order valence-electron chi connectivity index (χ4n) is 3.78. The zero-order valence-corrected chi connectivity index (χ0v) is 26.1. The Bertz CT molecular complexity index is 1470. The molecule has 4 aromatic rings. The summed E-state index contributed by atoms with van der Waals surface area (Å²) in [6.45, 7) is 12.3. The van der Waals surface area contributed by atoms with Gasteiger partial charge in [0, 0.05) is 0 Å². The van der Waals surface area contributed by atoms with Crippen LogP contribution >= 0.6 is 0 Å². The second kappa shape index (κ2) is 15.7. The van der Waals surface area contributed by atoms with Crippen molar-refractivity contribution in [3.63, 3.8) is 0 Å². The molecule has 0 aliphatic carbocycles. The van der Waals surface area contributed by atoms with Gasteiger partial charge < -0.3 is 4.74 Å². The zero-order valence-electron chi connectivity index (χ0n) is 26.1. The van der Waals surface area contributed by atoms with E-state index in [1.165, 1.54) is 12.1 Å². The molecular weight excluding hydrogens is 556 g/mol. The molecular formula is C37H40O7. The van der Waals surface area contributed by atoms with Crippen LogP contribution in [0.3, 0.4) is 0 Å². The Morgan fingerprint density at radius 1 is 0.659 bits per heavy atom. The average Bonchev–Trinajstić information content (AvgIpc) is 3.02. The van der Waals surface area contributed by atoms with E-state index in [9.17, 15) is 9.59 Å². The van der Waals surface area contributed by atoms with Gasteiger partial charge in [-0.3, -0.25) is 9.78 Å². The van der Waals surface area contributed by atoms with Crippen LogP contribution in [0.4, 0.5) is 0 Å². The van der Waals surface area contributed by atoms with Crippen molar-refractivity contribution in [1.29, 1.82) is 0 Å². The van der Waals surface area contributed by atoms with E-state index in [4.69, 9.17) is 19.8 Å². The molecule has 0 aliphatic heterocycles. The van der Waals surface area contributed by atoms with E-state index in [0.717, 1.165) is 22.3 Å². The summed E-state index contributed by atoms with van der Waals surface area (Å²) in [6, 6.07) is 34.0. The van der Waals surface area contributed by atoms with Gasteiger partial charge in [0.1, 0.15) is 11.4 Å². The zero-order chi connectivity index (χ0) is 32.2. The minimum Gasteiger partial charge on any atom is -0.493 e. The van der Waals surface area contributed by atoms with Crippen molar-refractivity contribution in [2.75, 3.05) is 6.61 Å². The van der Waals surface area contributed by atoms with Gasteiger partial charge in [-0.2, -0.15) is 10.1 Å². The minimum absolute atomic E-state index is 0.0860. The maximum absolute atomic E-state index is 12.6. The second-order valence-corrected chi connectivity index (χ2v) is 12.2. The number of rotatable bonds is 8. The fraction of sp³-hybridized carbons (Fsp3) is 0.243. The van der Waals surface area contributed by atoms with Crippen molar-refractivity contribution >= 4 is 23.6 Å². The van der Waals surface area contributed by atoms with Gasteiger partial charge in [-0.25, -0.2) is 9.59 Å². The van der Waals surface area contributed by atoms with Gasteiger partial charge in [0.05, 0.1) is 17.7 Å². The topological polar surface area (TPSA) is 91.3 Å². The van der Waals surface area contributed by atoms with Crippen molar-refractivity contribution in [3.8, 4) is 5.75 Å². The molecule has 4 aromatic carbocycles. The van der Waals surface area contributed by atoms with E-state index in [1.54, 1.807) is 18.2 Å². The maximum Gasteiger partial charge on any atom is 0.373 e. The summed E-state index contributed by atoms with van der Waals surface area (Å²) >= 11 is 0. The lowest BCUT2D eigenvalue weighted by Gasteiger charge is -2.18. The molecule has 0 saturated heterocycles.